The molecule has 1 aliphatic heterocycles. The number of nitrogens with zero attached hydrogens (tertiary/aromatic N) is 2. The Labute approximate surface area is 160 Å². The van der Waals surface area contributed by atoms with Gasteiger partial charge in [-0.3, -0.25) is 9.59 Å². The molecule has 1 aliphatic carbocycles. The fourth-order valence-corrected chi connectivity index (χ4v) is 3.61. The third-order valence-corrected chi connectivity index (χ3v) is 5.29. The van der Waals surface area contributed by atoms with E-state index in [9.17, 15) is 9.59 Å². The van der Waals surface area contributed by atoms with E-state index in [1.54, 1.807) is 14.2 Å². The minimum Gasteiger partial charge on any atom is -0.495 e. The summed E-state index contributed by atoms with van der Waals surface area (Å²) in [5.41, 5.74) is 1.06. The average Bonchev–Trinajstić information content (AvgIpc) is 3.51. The highest BCUT2D eigenvalue weighted by Gasteiger charge is 2.49. The van der Waals surface area contributed by atoms with Crippen molar-refractivity contribution in [3.63, 3.8) is 0 Å². The van der Waals surface area contributed by atoms with Crippen LogP contribution < -0.4 is 15.0 Å². The van der Waals surface area contributed by atoms with Crippen LogP contribution >= 0.6 is 0 Å². The van der Waals surface area contributed by atoms with Crippen LogP contribution in [0, 0.1) is 11.8 Å². The van der Waals surface area contributed by atoms with Crippen molar-refractivity contribution in [2.75, 3.05) is 58.5 Å². The molecule has 0 spiro atoms. The fraction of sp³-hybridized carbons (Fsp3) is 0.600. The molecule has 7 heteroatoms. The molecule has 148 valence electrons. The number of carbonyl (C=O) groups excluding carboxylic acids is 2. The molecule has 27 heavy (non-hydrogen) atoms. The number of carbonyl (C=O) groups is 2. The number of anilines is 1. The molecule has 2 amide bonds. The van der Waals surface area contributed by atoms with Crippen LogP contribution in [0.2, 0.25) is 0 Å². The Bertz CT molecular complexity index is 658. The summed E-state index contributed by atoms with van der Waals surface area (Å²) in [6.07, 6.45) is 1.46. The third kappa shape index (κ3) is 4.71. The Morgan fingerprint density at radius 1 is 1.11 bits per heavy atom. The van der Waals surface area contributed by atoms with Crippen LogP contribution in [0.4, 0.5) is 5.69 Å². The molecule has 1 saturated heterocycles. The van der Waals surface area contributed by atoms with Crippen LogP contribution in [-0.4, -0.2) is 70.3 Å². The molecule has 2 unspecified atom stereocenters. The standard InChI is InChI=1S/C20H29N3O4/c1-26-13-5-8-21-19(24)15-14-16(15)20(25)23-11-9-22(10-12-23)17-6-3-4-7-18(17)27-2/h3-4,6-7,15-16H,5,8-14H2,1-2H3,(H,21,24). The lowest BCUT2D eigenvalue weighted by Gasteiger charge is -2.36. The van der Waals surface area contributed by atoms with Gasteiger partial charge in [-0.25, -0.2) is 0 Å². The van der Waals surface area contributed by atoms with Gasteiger partial charge in [0.1, 0.15) is 5.75 Å². The molecule has 0 bridgehead atoms. The van der Waals surface area contributed by atoms with E-state index in [1.165, 1.54) is 0 Å². The van der Waals surface area contributed by atoms with Gasteiger partial charge in [-0.05, 0) is 25.0 Å². The van der Waals surface area contributed by atoms with Crippen LogP contribution in [0.5, 0.6) is 5.75 Å². The summed E-state index contributed by atoms with van der Waals surface area (Å²) in [5.74, 6) is 0.658. The lowest BCUT2D eigenvalue weighted by Crippen LogP contribution is -2.49. The Morgan fingerprint density at radius 3 is 2.56 bits per heavy atom. The molecular weight excluding hydrogens is 346 g/mol. The van der Waals surface area contributed by atoms with Gasteiger partial charge in [0, 0.05) is 46.4 Å². The average molecular weight is 375 g/mol. The van der Waals surface area contributed by atoms with Crippen molar-refractivity contribution >= 4 is 17.5 Å². The second kappa shape index (κ2) is 9.08. The van der Waals surface area contributed by atoms with Gasteiger partial charge < -0.3 is 24.6 Å². The lowest BCUT2D eigenvalue weighted by molar-refractivity contribution is -0.135. The first-order valence-electron chi connectivity index (χ1n) is 9.59. The number of methoxy groups -OCH3 is 2. The van der Waals surface area contributed by atoms with E-state index in [4.69, 9.17) is 9.47 Å². The molecule has 3 rings (SSSR count). The minimum absolute atomic E-state index is 0.00268. The highest BCUT2D eigenvalue weighted by molar-refractivity contribution is 5.92. The quantitative estimate of drug-likeness (QED) is 0.690. The van der Waals surface area contributed by atoms with Gasteiger partial charge in [0.15, 0.2) is 0 Å². The first-order valence-corrected chi connectivity index (χ1v) is 9.59. The number of ether oxygens (including phenoxy) is 2. The Hall–Kier alpha value is -2.28. The van der Waals surface area contributed by atoms with Gasteiger partial charge in [-0.15, -0.1) is 0 Å². The number of nitrogens with one attached hydrogen (secondary N) is 1. The molecule has 1 aromatic carbocycles. The molecule has 2 atom stereocenters. The number of rotatable bonds is 8. The maximum absolute atomic E-state index is 12.7. The van der Waals surface area contributed by atoms with Crippen LogP contribution in [0.1, 0.15) is 12.8 Å². The maximum Gasteiger partial charge on any atom is 0.226 e. The summed E-state index contributed by atoms with van der Waals surface area (Å²) in [4.78, 5) is 29.0. The van der Waals surface area contributed by atoms with E-state index in [0.29, 0.717) is 32.7 Å². The summed E-state index contributed by atoms with van der Waals surface area (Å²) in [6, 6.07) is 7.94. The monoisotopic (exact) mass is 375 g/mol. The predicted octanol–water partition coefficient (Wildman–Crippen LogP) is 1.13. The summed E-state index contributed by atoms with van der Waals surface area (Å²) < 4.78 is 10.4. The SMILES string of the molecule is COCCCNC(=O)C1CC1C(=O)N1CCN(c2ccccc2OC)CC1. The van der Waals surface area contributed by atoms with Crippen LogP contribution in [-0.2, 0) is 14.3 Å². The number of hydrogen-bond donors (Lipinski definition) is 1. The molecule has 1 saturated carbocycles. The Kier molecular flexibility index (Phi) is 6.55. The molecule has 0 radical (unpaired) electrons. The van der Waals surface area contributed by atoms with Gasteiger partial charge in [0.25, 0.3) is 0 Å². The molecule has 2 aliphatic rings. The topological polar surface area (TPSA) is 71.1 Å². The van der Waals surface area contributed by atoms with Crippen molar-refractivity contribution in [1.82, 2.24) is 10.2 Å². The van der Waals surface area contributed by atoms with Crippen LogP contribution in [0.15, 0.2) is 24.3 Å². The van der Waals surface area contributed by atoms with E-state index < -0.39 is 0 Å². The summed E-state index contributed by atoms with van der Waals surface area (Å²) in [5, 5.41) is 2.90. The summed E-state index contributed by atoms with van der Waals surface area (Å²) in [7, 11) is 3.32. The largest absolute Gasteiger partial charge is 0.495 e. The first-order chi connectivity index (χ1) is 13.2. The van der Waals surface area contributed by atoms with Crippen LogP contribution in [0.3, 0.4) is 0 Å². The maximum atomic E-state index is 12.7. The van der Waals surface area contributed by atoms with Crippen molar-refractivity contribution in [3.05, 3.63) is 24.3 Å². The van der Waals surface area contributed by atoms with Gasteiger partial charge in [-0.1, -0.05) is 12.1 Å². The zero-order valence-corrected chi connectivity index (χ0v) is 16.1. The number of piperazine rings is 1. The smallest absolute Gasteiger partial charge is 0.226 e. The Balaban J connectivity index is 1.45. The number of hydrogen-bond acceptors (Lipinski definition) is 5. The number of para-hydroxylation sites is 2. The van der Waals surface area contributed by atoms with Crippen molar-refractivity contribution in [3.8, 4) is 5.75 Å². The zero-order chi connectivity index (χ0) is 19.2. The summed E-state index contributed by atoms with van der Waals surface area (Å²) >= 11 is 0. The van der Waals surface area contributed by atoms with Crippen LogP contribution in [0.25, 0.3) is 0 Å². The van der Waals surface area contributed by atoms with Gasteiger partial charge >= 0.3 is 0 Å². The molecule has 2 fully saturated rings. The van der Waals surface area contributed by atoms with E-state index in [-0.39, 0.29) is 23.7 Å². The number of benzene rings is 1. The molecular formula is C20H29N3O4. The zero-order valence-electron chi connectivity index (χ0n) is 16.1. The van der Waals surface area contributed by atoms with E-state index in [0.717, 1.165) is 30.9 Å². The van der Waals surface area contributed by atoms with Gasteiger partial charge in [0.05, 0.1) is 24.6 Å². The van der Waals surface area contributed by atoms with E-state index in [2.05, 4.69) is 10.2 Å². The highest BCUT2D eigenvalue weighted by Crippen LogP contribution is 2.40. The second-order valence-electron chi connectivity index (χ2n) is 7.07. The van der Waals surface area contributed by atoms with Crippen molar-refractivity contribution < 1.29 is 19.1 Å². The molecule has 0 aromatic heterocycles. The minimum atomic E-state index is -0.160. The lowest BCUT2D eigenvalue weighted by atomic mass is 10.2. The van der Waals surface area contributed by atoms with Gasteiger partial charge in [0.2, 0.25) is 11.8 Å². The third-order valence-electron chi connectivity index (χ3n) is 5.29. The normalized spacial score (nSPS) is 21.7. The number of amides is 2. The predicted molar refractivity (Wildman–Crippen MR) is 103 cm³/mol. The fourth-order valence-electron chi connectivity index (χ4n) is 3.61. The summed E-state index contributed by atoms with van der Waals surface area (Å²) in [6.45, 7) is 4.12. The van der Waals surface area contributed by atoms with Gasteiger partial charge in [-0.2, -0.15) is 0 Å². The molecule has 1 N–H and O–H groups in total. The molecule has 7 nitrogen and oxygen atoms in total. The van der Waals surface area contributed by atoms with E-state index >= 15 is 0 Å². The van der Waals surface area contributed by atoms with Crippen molar-refractivity contribution in [2.24, 2.45) is 11.8 Å². The van der Waals surface area contributed by atoms with Crippen molar-refractivity contribution in [1.29, 1.82) is 0 Å². The molecule has 1 heterocycles. The first kappa shape index (κ1) is 19.5. The second-order valence-corrected chi connectivity index (χ2v) is 7.07. The van der Waals surface area contributed by atoms with Crippen molar-refractivity contribution in [2.45, 2.75) is 12.8 Å². The molecule has 1 aromatic rings. The highest BCUT2D eigenvalue weighted by atomic mass is 16.5. The Morgan fingerprint density at radius 2 is 1.85 bits per heavy atom. The van der Waals surface area contributed by atoms with E-state index in [1.807, 2.05) is 29.2 Å².